The van der Waals surface area contributed by atoms with Crippen molar-refractivity contribution in [1.29, 1.82) is 0 Å². The van der Waals surface area contributed by atoms with Gasteiger partial charge in [0, 0.05) is 13.2 Å². The minimum atomic E-state index is -0.461. The number of hydrogen-bond donors (Lipinski definition) is 2. The lowest BCUT2D eigenvalue weighted by Crippen LogP contribution is -2.43. The van der Waals surface area contributed by atoms with Gasteiger partial charge in [-0.3, -0.25) is 10.1 Å². The van der Waals surface area contributed by atoms with Gasteiger partial charge in [-0.25, -0.2) is 0 Å². The molecule has 3 rings (SSSR count). The number of anilines is 1. The van der Waals surface area contributed by atoms with Crippen LogP contribution in [0.4, 0.5) is 5.69 Å². The summed E-state index contributed by atoms with van der Waals surface area (Å²) < 4.78 is 10.8. The third-order valence-electron chi connectivity index (χ3n) is 4.93. The molecule has 0 aliphatic heterocycles. The zero-order chi connectivity index (χ0) is 19.2. The quantitative estimate of drug-likeness (QED) is 0.709. The third kappa shape index (κ3) is 5.08. The van der Waals surface area contributed by atoms with E-state index in [2.05, 4.69) is 10.6 Å². The zero-order valence-corrected chi connectivity index (χ0v) is 16.2. The fourth-order valence-corrected chi connectivity index (χ4v) is 3.31. The molecule has 0 unspecified atom stereocenters. The second-order valence-electron chi connectivity index (χ2n) is 7.10. The molecule has 2 aromatic rings. The largest absolute Gasteiger partial charge is 0.495 e. The van der Waals surface area contributed by atoms with Crippen LogP contribution in [0.25, 0.3) is 0 Å². The van der Waals surface area contributed by atoms with Gasteiger partial charge in [0.15, 0.2) is 0 Å². The molecule has 0 spiro atoms. The van der Waals surface area contributed by atoms with Gasteiger partial charge in [-0.1, -0.05) is 36.4 Å². The van der Waals surface area contributed by atoms with E-state index in [0.29, 0.717) is 24.0 Å². The fourth-order valence-electron chi connectivity index (χ4n) is 3.31. The number of ether oxygens (including phenoxy) is 2. The normalized spacial score (nSPS) is 15.8. The minimum absolute atomic E-state index is 0.105. The summed E-state index contributed by atoms with van der Waals surface area (Å²) in [6.45, 7) is 2.58. The van der Waals surface area contributed by atoms with Crippen LogP contribution in [0.1, 0.15) is 30.0 Å². The number of rotatable bonds is 9. The van der Waals surface area contributed by atoms with Crippen LogP contribution < -0.4 is 15.4 Å². The minimum Gasteiger partial charge on any atom is -0.495 e. The average Bonchev–Trinajstić information content (AvgIpc) is 3.51. The van der Waals surface area contributed by atoms with E-state index < -0.39 is 6.04 Å². The summed E-state index contributed by atoms with van der Waals surface area (Å²) in [5.41, 5.74) is 2.67. The predicted octanol–water partition coefficient (Wildman–Crippen LogP) is 3.70. The molecule has 2 aromatic carbocycles. The van der Waals surface area contributed by atoms with Crippen molar-refractivity contribution in [2.75, 3.05) is 26.1 Å². The van der Waals surface area contributed by atoms with Crippen LogP contribution in [-0.4, -0.2) is 32.8 Å². The first-order chi connectivity index (χ1) is 13.1. The maximum Gasteiger partial charge on any atom is 0.246 e. The van der Waals surface area contributed by atoms with E-state index >= 15 is 0 Å². The lowest BCUT2D eigenvalue weighted by molar-refractivity contribution is -0.118. The van der Waals surface area contributed by atoms with E-state index in [1.165, 1.54) is 12.8 Å². The number of amides is 1. The van der Waals surface area contributed by atoms with Crippen LogP contribution in [0, 0.1) is 12.8 Å². The number of methoxy groups -OCH3 is 2. The Kier molecular flexibility index (Phi) is 6.48. The van der Waals surface area contributed by atoms with Crippen LogP contribution in [0.5, 0.6) is 5.75 Å². The Morgan fingerprint density at radius 1 is 1.15 bits per heavy atom. The highest BCUT2D eigenvalue weighted by molar-refractivity contribution is 5.96. The summed E-state index contributed by atoms with van der Waals surface area (Å²) in [6.07, 6.45) is 2.35. The Hall–Kier alpha value is -2.37. The monoisotopic (exact) mass is 368 g/mol. The fraction of sp³-hybridized carbons (Fsp3) is 0.409. The molecule has 1 aliphatic carbocycles. The van der Waals surface area contributed by atoms with Gasteiger partial charge < -0.3 is 14.8 Å². The van der Waals surface area contributed by atoms with Crippen molar-refractivity contribution in [3.63, 3.8) is 0 Å². The Morgan fingerprint density at radius 3 is 2.52 bits per heavy atom. The van der Waals surface area contributed by atoms with Crippen LogP contribution in [-0.2, 0) is 9.53 Å². The van der Waals surface area contributed by atoms with Crippen molar-refractivity contribution in [1.82, 2.24) is 5.32 Å². The molecule has 2 atom stereocenters. The highest BCUT2D eigenvalue weighted by Gasteiger charge is 2.34. The van der Waals surface area contributed by atoms with E-state index in [-0.39, 0.29) is 11.9 Å². The summed E-state index contributed by atoms with van der Waals surface area (Å²) in [7, 11) is 3.31. The first-order valence-electron chi connectivity index (χ1n) is 9.37. The summed E-state index contributed by atoms with van der Waals surface area (Å²) >= 11 is 0. The molecule has 5 heteroatoms. The summed E-state index contributed by atoms with van der Waals surface area (Å²) in [4.78, 5) is 13.2. The molecule has 1 saturated carbocycles. The summed E-state index contributed by atoms with van der Waals surface area (Å²) in [5, 5.41) is 6.57. The maximum atomic E-state index is 13.2. The molecule has 0 heterocycles. The summed E-state index contributed by atoms with van der Waals surface area (Å²) in [5.74, 6) is 1.11. The molecule has 0 bridgehead atoms. The lowest BCUT2D eigenvalue weighted by Gasteiger charge is -2.25. The first kappa shape index (κ1) is 19.4. The second kappa shape index (κ2) is 9.02. The molecule has 0 aromatic heterocycles. The number of aryl methyl sites for hydroxylation is 1. The molecule has 1 fully saturated rings. The van der Waals surface area contributed by atoms with Gasteiger partial charge in [0.1, 0.15) is 11.8 Å². The van der Waals surface area contributed by atoms with Crippen molar-refractivity contribution >= 4 is 11.6 Å². The zero-order valence-electron chi connectivity index (χ0n) is 16.2. The Labute approximate surface area is 161 Å². The van der Waals surface area contributed by atoms with E-state index in [1.54, 1.807) is 14.2 Å². The van der Waals surface area contributed by atoms with Crippen molar-refractivity contribution < 1.29 is 14.3 Å². The van der Waals surface area contributed by atoms with Gasteiger partial charge in [-0.2, -0.15) is 0 Å². The van der Waals surface area contributed by atoms with Gasteiger partial charge in [0.05, 0.1) is 19.4 Å². The molecule has 27 heavy (non-hydrogen) atoms. The van der Waals surface area contributed by atoms with Crippen molar-refractivity contribution in [2.45, 2.75) is 31.8 Å². The molecule has 1 aliphatic rings. The molecule has 144 valence electrons. The van der Waals surface area contributed by atoms with Gasteiger partial charge in [-0.05, 0) is 48.9 Å². The van der Waals surface area contributed by atoms with Crippen LogP contribution in [0.2, 0.25) is 0 Å². The highest BCUT2D eigenvalue weighted by atomic mass is 16.5. The Morgan fingerprint density at radius 2 is 1.89 bits per heavy atom. The van der Waals surface area contributed by atoms with E-state index in [9.17, 15) is 4.79 Å². The van der Waals surface area contributed by atoms with Gasteiger partial charge in [0.25, 0.3) is 0 Å². The molecule has 0 radical (unpaired) electrons. The van der Waals surface area contributed by atoms with E-state index in [0.717, 1.165) is 11.1 Å². The lowest BCUT2D eigenvalue weighted by atomic mass is 10.0. The first-order valence-corrected chi connectivity index (χ1v) is 9.37. The highest BCUT2D eigenvalue weighted by Crippen LogP contribution is 2.34. The Balaban J connectivity index is 1.83. The van der Waals surface area contributed by atoms with Crippen molar-refractivity contribution in [2.24, 2.45) is 5.92 Å². The van der Waals surface area contributed by atoms with E-state index in [1.807, 2.05) is 55.5 Å². The van der Waals surface area contributed by atoms with Crippen LogP contribution in [0.15, 0.2) is 48.5 Å². The second-order valence-corrected chi connectivity index (χ2v) is 7.10. The number of hydrogen-bond acceptors (Lipinski definition) is 4. The van der Waals surface area contributed by atoms with Gasteiger partial charge >= 0.3 is 0 Å². The molecule has 1 amide bonds. The standard InChI is InChI=1S/C22H28N2O3/c1-15-9-12-20(27-3)18(13-15)24-22(25)21(17-7-5-4-6-8-17)23-19(14-26-2)16-10-11-16/h4-9,12-13,16,19,21,23H,10-11,14H2,1-3H3,(H,24,25)/t19-,21+/m0/s1. The third-order valence-corrected chi connectivity index (χ3v) is 4.93. The molecule has 0 saturated heterocycles. The number of carbonyl (C=O) groups excluding carboxylic acids is 1. The molecule has 5 nitrogen and oxygen atoms in total. The van der Waals surface area contributed by atoms with Gasteiger partial charge in [-0.15, -0.1) is 0 Å². The smallest absolute Gasteiger partial charge is 0.246 e. The average molecular weight is 368 g/mol. The number of benzene rings is 2. The summed E-state index contributed by atoms with van der Waals surface area (Å²) in [6, 6.07) is 15.3. The van der Waals surface area contributed by atoms with Crippen molar-refractivity contribution in [3.05, 3.63) is 59.7 Å². The topological polar surface area (TPSA) is 59.6 Å². The molecular weight excluding hydrogens is 340 g/mol. The number of carbonyl (C=O) groups is 1. The maximum absolute atomic E-state index is 13.2. The molecular formula is C22H28N2O3. The van der Waals surface area contributed by atoms with Gasteiger partial charge in [0.2, 0.25) is 5.91 Å². The van der Waals surface area contributed by atoms with E-state index in [4.69, 9.17) is 9.47 Å². The SMILES string of the molecule is COC[C@H](N[C@@H](C(=O)Nc1cc(C)ccc1OC)c1ccccc1)C1CC1. The Bertz CT molecular complexity index is 759. The van der Waals surface area contributed by atoms with Crippen molar-refractivity contribution in [3.8, 4) is 5.75 Å². The predicted molar refractivity (Wildman–Crippen MR) is 107 cm³/mol. The number of nitrogens with one attached hydrogen (secondary N) is 2. The molecule has 2 N–H and O–H groups in total. The van der Waals surface area contributed by atoms with Crippen LogP contribution in [0.3, 0.4) is 0 Å². The van der Waals surface area contributed by atoms with Crippen LogP contribution >= 0.6 is 0 Å².